The number of likely N-dealkylation sites (tertiary alicyclic amines) is 1. The summed E-state index contributed by atoms with van der Waals surface area (Å²) in [6.07, 6.45) is -4.12. The third kappa shape index (κ3) is 6.59. The molecule has 6 nitrogen and oxygen atoms in total. The maximum atomic E-state index is 15.6. The van der Waals surface area contributed by atoms with Gasteiger partial charge < -0.3 is 0 Å². The van der Waals surface area contributed by atoms with Crippen LogP contribution in [0.15, 0.2) is 48.5 Å². The highest BCUT2D eigenvalue weighted by atomic mass is 32.2. The molecule has 4 atom stereocenters. The first-order chi connectivity index (χ1) is 16.5. The average Bonchev–Trinajstić information content (AvgIpc) is 3.27. The van der Waals surface area contributed by atoms with Gasteiger partial charge in [0.05, 0.1) is 23.6 Å². The lowest BCUT2D eigenvalue weighted by Gasteiger charge is -2.42. The van der Waals surface area contributed by atoms with Gasteiger partial charge in [-0.1, -0.05) is 36.4 Å². The number of nitrogens with zero attached hydrogens (tertiary/aromatic N) is 1. The van der Waals surface area contributed by atoms with E-state index < -0.39 is 40.1 Å². The van der Waals surface area contributed by atoms with Crippen LogP contribution in [-0.4, -0.2) is 51.3 Å². The van der Waals surface area contributed by atoms with Crippen molar-refractivity contribution < 1.29 is 26.0 Å². The van der Waals surface area contributed by atoms with Gasteiger partial charge in [0.15, 0.2) is 16.0 Å². The topological polar surface area (TPSA) is 73.5 Å². The molecule has 35 heavy (non-hydrogen) atoms. The second kappa shape index (κ2) is 10.5. The van der Waals surface area contributed by atoms with Crippen molar-refractivity contribution in [3.8, 4) is 0 Å². The van der Waals surface area contributed by atoms with Gasteiger partial charge in [-0.05, 0) is 41.7 Å². The van der Waals surface area contributed by atoms with Gasteiger partial charge in [0.25, 0.3) is 0 Å². The Bertz CT molecular complexity index is 1090. The standard InChI is InChI=1S/C24H30F4N4O2S/c1-35(33,34)14-17-6-4-16(5-7-17)13-29-22-21(25)23(31-15-30-22)32-12-2-3-20(32)18-8-10-19(11-9-18)24(26,27)28/h4-11,20-23,29-31H,2-3,12-15H2,1H3. The molecular weight excluding hydrogens is 484 g/mol. The van der Waals surface area contributed by atoms with E-state index in [1.54, 1.807) is 12.1 Å². The maximum absolute atomic E-state index is 15.6. The lowest BCUT2D eigenvalue weighted by atomic mass is 10.0. The van der Waals surface area contributed by atoms with Gasteiger partial charge in [0.1, 0.15) is 0 Å². The van der Waals surface area contributed by atoms with E-state index >= 15 is 4.39 Å². The number of rotatable bonds is 7. The normalized spacial score (nSPS) is 26.2. The predicted octanol–water partition coefficient (Wildman–Crippen LogP) is 3.32. The van der Waals surface area contributed by atoms with Crippen LogP contribution in [-0.2, 0) is 28.3 Å². The second-order valence-corrected chi connectivity index (χ2v) is 11.4. The van der Waals surface area contributed by atoms with Gasteiger partial charge in [-0.2, -0.15) is 13.2 Å². The first-order valence-electron chi connectivity index (χ1n) is 11.5. The summed E-state index contributed by atoms with van der Waals surface area (Å²) < 4.78 is 77.3. The maximum Gasteiger partial charge on any atom is 0.416 e. The Morgan fingerprint density at radius 3 is 2.31 bits per heavy atom. The molecule has 2 aromatic carbocycles. The Morgan fingerprint density at radius 1 is 1.03 bits per heavy atom. The van der Waals surface area contributed by atoms with Crippen LogP contribution in [0.25, 0.3) is 0 Å². The predicted molar refractivity (Wildman–Crippen MR) is 126 cm³/mol. The number of benzene rings is 2. The van der Waals surface area contributed by atoms with E-state index in [1.807, 2.05) is 17.0 Å². The fourth-order valence-electron chi connectivity index (χ4n) is 4.82. The van der Waals surface area contributed by atoms with Crippen LogP contribution < -0.4 is 16.0 Å². The quantitative estimate of drug-likeness (QED) is 0.493. The van der Waals surface area contributed by atoms with E-state index in [9.17, 15) is 21.6 Å². The summed E-state index contributed by atoms with van der Waals surface area (Å²) in [7, 11) is -3.11. The van der Waals surface area contributed by atoms with E-state index in [-0.39, 0.29) is 11.8 Å². The summed E-state index contributed by atoms with van der Waals surface area (Å²) in [5.74, 6) is -0.0271. The first kappa shape index (κ1) is 26.0. The monoisotopic (exact) mass is 514 g/mol. The van der Waals surface area contributed by atoms with E-state index in [0.717, 1.165) is 36.1 Å². The summed E-state index contributed by atoms with van der Waals surface area (Å²) in [5.41, 5.74) is 1.66. The van der Waals surface area contributed by atoms with Crippen molar-refractivity contribution in [3.05, 3.63) is 70.8 Å². The third-order valence-corrected chi connectivity index (χ3v) is 7.36. The molecule has 2 fully saturated rings. The van der Waals surface area contributed by atoms with Gasteiger partial charge in [0.2, 0.25) is 0 Å². The summed E-state index contributed by atoms with van der Waals surface area (Å²) in [6, 6.07) is 12.1. The molecule has 2 saturated heterocycles. The Hall–Kier alpha value is -2.05. The lowest BCUT2D eigenvalue weighted by Crippen LogP contribution is -2.68. The SMILES string of the molecule is CS(=O)(=O)Cc1ccc(CNC2NCNC(N3CCCC3c3ccc(C(F)(F)F)cc3)C2F)cc1. The summed E-state index contributed by atoms with van der Waals surface area (Å²) in [6.45, 7) is 1.43. The molecule has 2 aliphatic heterocycles. The van der Waals surface area contributed by atoms with Crippen LogP contribution in [0.2, 0.25) is 0 Å². The van der Waals surface area contributed by atoms with E-state index in [4.69, 9.17) is 0 Å². The first-order valence-corrected chi connectivity index (χ1v) is 13.6. The molecule has 4 rings (SSSR count). The van der Waals surface area contributed by atoms with Crippen LogP contribution in [0, 0.1) is 0 Å². The minimum absolute atomic E-state index is 0.0271. The number of hydrogen-bond donors (Lipinski definition) is 3. The highest BCUT2D eigenvalue weighted by Gasteiger charge is 2.41. The minimum atomic E-state index is -4.39. The number of alkyl halides is 4. The Kier molecular flexibility index (Phi) is 7.82. The summed E-state index contributed by atoms with van der Waals surface area (Å²) >= 11 is 0. The smallest absolute Gasteiger partial charge is 0.295 e. The van der Waals surface area contributed by atoms with Gasteiger partial charge in [-0.15, -0.1) is 0 Å². The molecule has 4 unspecified atom stereocenters. The van der Waals surface area contributed by atoms with E-state index in [0.29, 0.717) is 25.3 Å². The number of nitrogens with one attached hydrogen (secondary N) is 3. The van der Waals surface area contributed by atoms with Gasteiger partial charge in [-0.3, -0.25) is 20.9 Å². The summed E-state index contributed by atoms with van der Waals surface area (Å²) in [5, 5.41) is 9.44. The van der Waals surface area contributed by atoms with Crippen molar-refractivity contribution in [2.24, 2.45) is 0 Å². The number of hydrogen-bond acceptors (Lipinski definition) is 6. The van der Waals surface area contributed by atoms with E-state index in [2.05, 4.69) is 16.0 Å². The van der Waals surface area contributed by atoms with Gasteiger partial charge in [0, 0.05) is 32.1 Å². The van der Waals surface area contributed by atoms with Crippen molar-refractivity contribution >= 4 is 9.84 Å². The van der Waals surface area contributed by atoms with Crippen LogP contribution in [0.4, 0.5) is 17.6 Å². The molecule has 11 heteroatoms. The van der Waals surface area contributed by atoms with E-state index in [1.165, 1.54) is 18.4 Å². The highest BCUT2D eigenvalue weighted by molar-refractivity contribution is 7.89. The third-order valence-electron chi connectivity index (χ3n) is 6.51. The molecule has 0 aliphatic carbocycles. The van der Waals surface area contributed by atoms with Crippen LogP contribution in [0.1, 0.15) is 41.1 Å². The fraction of sp³-hybridized carbons (Fsp3) is 0.500. The molecule has 2 aliphatic rings. The second-order valence-electron chi connectivity index (χ2n) is 9.24. The minimum Gasteiger partial charge on any atom is -0.295 e. The Labute approximate surface area is 203 Å². The molecule has 0 radical (unpaired) electrons. The lowest BCUT2D eigenvalue weighted by molar-refractivity contribution is -0.137. The zero-order valence-corrected chi connectivity index (χ0v) is 20.2. The van der Waals surface area contributed by atoms with Gasteiger partial charge >= 0.3 is 6.18 Å². The number of halogens is 4. The average molecular weight is 515 g/mol. The van der Waals surface area contributed by atoms with Crippen molar-refractivity contribution in [2.45, 2.75) is 55.9 Å². The Morgan fingerprint density at radius 2 is 1.69 bits per heavy atom. The molecule has 2 heterocycles. The zero-order chi connectivity index (χ0) is 25.2. The molecular formula is C24H30F4N4O2S. The molecule has 0 spiro atoms. The van der Waals surface area contributed by atoms with Crippen molar-refractivity contribution in [3.63, 3.8) is 0 Å². The number of sulfone groups is 1. The zero-order valence-electron chi connectivity index (χ0n) is 19.4. The molecule has 0 amide bonds. The largest absolute Gasteiger partial charge is 0.416 e. The molecule has 2 aromatic rings. The summed E-state index contributed by atoms with van der Waals surface area (Å²) in [4.78, 5) is 2.00. The molecule has 0 bridgehead atoms. The van der Waals surface area contributed by atoms with Crippen LogP contribution in [0.3, 0.4) is 0 Å². The molecule has 0 aromatic heterocycles. The van der Waals surface area contributed by atoms with Crippen molar-refractivity contribution in [2.75, 3.05) is 19.5 Å². The molecule has 0 saturated carbocycles. The van der Waals surface area contributed by atoms with Crippen molar-refractivity contribution in [1.82, 2.24) is 20.9 Å². The van der Waals surface area contributed by atoms with Crippen LogP contribution in [0.5, 0.6) is 0 Å². The van der Waals surface area contributed by atoms with Crippen molar-refractivity contribution in [1.29, 1.82) is 0 Å². The molecule has 3 N–H and O–H groups in total. The highest BCUT2D eigenvalue weighted by Crippen LogP contribution is 2.36. The fourth-order valence-corrected chi connectivity index (χ4v) is 5.62. The molecule has 192 valence electrons. The Balaban J connectivity index is 1.38. The van der Waals surface area contributed by atoms with Gasteiger partial charge in [-0.25, -0.2) is 12.8 Å². The van der Waals surface area contributed by atoms with Crippen LogP contribution >= 0.6 is 0 Å².